The van der Waals surface area contributed by atoms with E-state index in [9.17, 15) is 0 Å². The zero-order valence-corrected chi connectivity index (χ0v) is 13.2. The van der Waals surface area contributed by atoms with Crippen LogP contribution in [0.1, 0.15) is 57.7 Å². The van der Waals surface area contributed by atoms with E-state index >= 15 is 0 Å². The van der Waals surface area contributed by atoms with Crippen LogP contribution in [-0.2, 0) is 6.42 Å². The molecule has 0 aliphatic heterocycles. The first-order valence-corrected chi connectivity index (χ1v) is 7.83. The number of aryl methyl sites for hydroxylation is 1. The Morgan fingerprint density at radius 1 is 1.15 bits per heavy atom. The van der Waals surface area contributed by atoms with Gasteiger partial charge in [-0.1, -0.05) is 52.3 Å². The number of rotatable bonds is 6. The largest absolute Gasteiger partial charge is 0.384 e. The van der Waals surface area contributed by atoms with Crippen molar-refractivity contribution in [3.8, 4) is 0 Å². The van der Waals surface area contributed by atoms with Crippen LogP contribution < -0.4 is 5.32 Å². The van der Waals surface area contributed by atoms with Crippen molar-refractivity contribution in [2.24, 2.45) is 0 Å². The van der Waals surface area contributed by atoms with Gasteiger partial charge in [0.15, 0.2) is 0 Å². The zero-order chi connectivity index (χ0) is 14.5. The molecular formula is C18H26N2. The Kier molecular flexibility index (Phi) is 4.99. The maximum atomic E-state index is 4.92. The van der Waals surface area contributed by atoms with E-state index in [0.717, 1.165) is 25.8 Å². The zero-order valence-electron chi connectivity index (χ0n) is 13.2. The van der Waals surface area contributed by atoms with E-state index in [4.69, 9.17) is 4.98 Å². The van der Waals surface area contributed by atoms with Crippen molar-refractivity contribution in [3.05, 3.63) is 35.5 Å². The first kappa shape index (κ1) is 14.8. The van der Waals surface area contributed by atoms with Crippen molar-refractivity contribution in [3.63, 3.8) is 0 Å². The second-order valence-corrected chi connectivity index (χ2v) is 5.74. The number of pyridine rings is 1. The molecular weight excluding hydrogens is 244 g/mol. The van der Waals surface area contributed by atoms with E-state index in [1.807, 2.05) is 0 Å². The van der Waals surface area contributed by atoms with Gasteiger partial charge in [-0.3, -0.25) is 4.98 Å². The van der Waals surface area contributed by atoms with Crippen molar-refractivity contribution in [2.75, 3.05) is 11.9 Å². The minimum Gasteiger partial charge on any atom is -0.384 e. The molecule has 0 spiro atoms. The molecule has 0 atom stereocenters. The molecule has 2 nitrogen and oxygen atoms in total. The van der Waals surface area contributed by atoms with Crippen LogP contribution in [0.3, 0.4) is 0 Å². The third kappa shape index (κ3) is 3.12. The number of nitrogens with zero attached hydrogens (tertiary/aromatic N) is 1. The minimum atomic E-state index is 0.455. The van der Waals surface area contributed by atoms with E-state index in [1.54, 1.807) is 0 Å². The molecule has 20 heavy (non-hydrogen) atoms. The summed E-state index contributed by atoms with van der Waals surface area (Å²) in [5.74, 6) is 0.455. The Bertz CT molecular complexity index is 573. The summed E-state index contributed by atoms with van der Waals surface area (Å²) in [5.41, 5.74) is 4.96. The number of para-hydroxylation sites is 1. The topological polar surface area (TPSA) is 24.9 Å². The van der Waals surface area contributed by atoms with Gasteiger partial charge in [-0.05, 0) is 30.4 Å². The third-order valence-electron chi connectivity index (χ3n) is 3.62. The number of anilines is 1. The third-order valence-corrected chi connectivity index (χ3v) is 3.62. The SMILES string of the molecule is CCCNc1cc(C(C)C)nc2c(CCC)cccc12. The fourth-order valence-electron chi connectivity index (χ4n) is 2.50. The number of hydrogen-bond acceptors (Lipinski definition) is 2. The van der Waals surface area contributed by atoms with E-state index in [2.05, 4.69) is 57.3 Å². The Morgan fingerprint density at radius 2 is 1.95 bits per heavy atom. The fraction of sp³-hybridized carbons (Fsp3) is 0.500. The highest BCUT2D eigenvalue weighted by molar-refractivity contribution is 5.93. The van der Waals surface area contributed by atoms with Gasteiger partial charge >= 0.3 is 0 Å². The quantitative estimate of drug-likeness (QED) is 0.786. The van der Waals surface area contributed by atoms with Crippen molar-refractivity contribution in [2.45, 2.75) is 52.9 Å². The molecule has 108 valence electrons. The van der Waals surface area contributed by atoms with Gasteiger partial charge in [0.25, 0.3) is 0 Å². The average molecular weight is 270 g/mol. The number of nitrogens with one attached hydrogen (secondary N) is 1. The predicted molar refractivity (Wildman–Crippen MR) is 88.6 cm³/mol. The highest BCUT2D eigenvalue weighted by Crippen LogP contribution is 2.29. The standard InChI is InChI=1S/C18H26N2/c1-5-8-14-9-7-10-15-17(19-11-6-2)12-16(13(3)4)20-18(14)15/h7,9-10,12-13H,5-6,8,11H2,1-4H3,(H,19,20). The van der Waals surface area contributed by atoms with Crippen LogP contribution in [0.25, 0.3) is 10.9 Å². The highest BCUT2D eigenvalue weighted by Gasteiger charge is 2.10. The smallest absolute Gasteiger partial charge is 0.0758 e. The number of fused-ring (bicyclic) bond motifs is 1. The van der Waals surface area contributed by atoms with Gasteiger partial charge < -0.3 is 5.32 Å². The molecule has 0 amide bonds. The molecule has 0 radical (unpaired) electrons. The van der Waals surface area contributed by atoms with Crippen LogP contribution in [0, 0.1) is 0 Å². The van der Waals surface area contributed by atoms with Crippen LogP contribution in [-0.4, -0.2) is 11.5 Å². The molecule has 1 heterocycles. The summed E-state index contributed by atoms with van der Waals surface area (Å²) < 4.78 is 0. The first-order chi connectivity index (χ1) is 9.67. The Morgan fingerprint density at radius 3 is 2.60 bits per heavy atom. The molecule has 1 N–H and O–H groups in total. The monoisotopic (exact) mass is 270 g/mol. The van der Waals surface area contributed by atoms with Crippen LogP contribution >= 0.6 is 0 Å². The van der Waals surface area contributed by atoms with Crippen LogP contribution in [0.2, 0.25) is 0 Å². The lowest BCUT2D eigenvalue weighted by atomic mass is 10.0. The summed E-state index contributed by atoms with van der Waals surface area (Å²) in [5, 5.41) is 4.82. The summed E-state index contributed by atoms with van der Waals surface area (Å²) in [7, 11) is 0. The van der Waals surface area contributed by atoms with Crippen LogP contribution in [0.5, 0.6) is 0 Å². The van der Waals surface area contributed by atoms with Gasteiger partial charge in [-0.2, -0.15) is 0 Å². The second-order valence-electron chi connectivity index (χ2n) is 5.74. The summed E-state index contributed by atoms with van der Waals surface area (Å²) >= 11 is 0. The van der Waals surface area contributed by atoms with E-state index in [1.165, 1.54) is 27.8 Å². The maximum absolute atomic E-state index is 4.92. The Balaban J connectivity index is 2.60. The van der Waals surface area contributed by atoms with E-state index in [-0.39, 0.29) is 0 Å². The normalized spacial score (nSPS) is 11.2. The minimum absolute atomic E-state index is 0.455. The van der Waals surface area contributed by atoms with Gasteiger partial charge in [0.2, 0.25) is 0 Å². The van der Waals surface area contributed by atoms with Crippen LogP contribution in [0.15, 0.2) is 24.3 Å². The van der Waals surface area contributed by atoms with Crippen molar-refractivity contribution in [1.82, 2.24) is 4.98 Å². The summed E-state index contributed by atoms with van der Waals surface area (Å²) in [6.45, 7) is 9.85. The predicted octanol–water partition coefficient (Wildman–Crippen LogP) is 5.13. The highest BCUT2D eigenvalue weighted by atomic mass is 14.9. The lowest BCUT2D eigenvalue weighted by Crippen LogP contribution is -2.04. The molecule has 1 aromatic heterocycles. The molecule has 0 saturated heterocycles. The Hall–Kier alpha value is -1.57. The Labute approximate surface area is 122 Å². The van der Waals surface area contributed by atoms with Gasteiger partial charge in [0.1, 0.15) is 0 Å². The maximum Gasteiger partial charge on any atom is 0.0758 e. The number of aromatic nitrogens is 1. The van der Waals surface area contributed by atoms with E-state index < -0.39 is 0 Å². The molecule has 0 fully saturated rings. The van der Waals surface area contributed by atoms with Gasteiger partial charge in [-0.25, -0.2) is 0 Å². The molecule has 1 aromatic carbocycles. The average Bonchev–Trinajstić information content (AvgIpc) is 2.45. The van der Waals surface area contributed by atoms with Gasteiger partial charge in [0, 0.05) is 23.3 Å². The molecule has 0 aliphatic rings. The lowest BCUT2D eigenvalue weighted by Gasteiger charge is -2.15. The van der Waals surface area contributed by atoms with Gasteiger partial charge in [0.05, 0.1) is 5.52 Å². The summed E-state index contributed by atoms with van der Waals surface area (Å²) in [4.78, 5) is 4.92. The number of hydrogen-bond donors (Lipinski definition) is 1. The summed E-state index contributed by atoms with van der Waals surface area (Å²) in [6, 6.07) is 8.77. The summed E-state index contributed by atoms with van der Waals surface area (Å²) in [6.07, 6.45) is 3.39. The fourth-order valence-corrected chi connectivity index (χ4v) is 2.50. The molecule has 2 aromatic rings. The molecule has 2 heteroatoms. The number of benzene rings is 1. The molecule has 0 bridgehead atoms. The molecule has 0 aliphatic carbocycles. The first-order valence-electron chi connectivity index (χ1n) is 7.83. The molecule has 2 rings (SSSR count). The van der Waals surface area contributed by atoms with Crippen LogP contribution in [0.4, 0.5) is 5.69 Å². The van der Waals surface area contributed by atoms with Crippen molar-refractivity contribution in [1.29, 1.82) is 0 Å². The molecule has 0 saturated carbocycles. The van der Waals surface area contributed by atoms with Gasteiger partial charge in [-0.15, -0.1) is 0 Å². The second kappa shape index (κ2) is 6.74. The van der Waals surface area contributed by atoms with E-state index in [0.29, 0.717) is 5.92 Å². The van der Waals surface area contributed by atoms with Crippen molar-refractivity contribution >= 4 is 16.6 Å². The molecule has 0 unspecified atom stereocenters. The van der Waals surface area contributed by atoms with Crippen molar-refractivity contribution < 1.29 is 0 Å². The lowest BCUT2D eigenvalue weighted by molar-refractivity contribution is 0.827.